The molecule has 4 heteroatoms. The third-order valence-electron chi connectivity index (χ3n) is 1.89. The van der Waals surface area contributed by atoms with E-state index in [9.17, 15) is 8.76 Å². The Hall–Kier alpha value is 0.0700. The van der Waals surface area contributed by atoms with E-state index in [2.05, 4.69) is 0 Å². The lowest BCUT2D eigenvalue weighted by molar-refractivity contribution is 0.278. The quantitative estimate of drug-likeness (QED) is 0.606. The van der Waals surface area contributed by atoms with Gasteiger partial charge in [-0.3, -0.25) is 4.21 Å². The maximum Gasteiger partial charge on any atom is 0.0232 e. The Morgan fingerprint density at radius 1 is 1.55 bits per heavy atom. The molecule has 0 aromatic rings. The Labute approximate surface area is 71.2 Å². The van der Waals surface area contributed by atoms with E-state index in [1.807, 2.05) is 20.8 Å². The molecule has 2 unspecified atom stereocenters. The van der Waals surface area contributed by atoms with Crippen molar-refractivity contribution in [1.29, 1.82) is 0 Å². The Morgan fingerprint density at radius 3 is 2.09 bits per heavy atom. The molecule has 0 rings (SSSR count). The van der Waals surface area contributed by atoms with Gasteiger partial charge in [0.05, 0.1) is 0 Å². The monoisotopic (exact) mass is 178 g/mol. The SMILES string of the molecule is CCC(C(C)C)N(C)S(=O)[O-]. The Kier molecular flexibility index (Phi) is 4.88. The molecule has 0 aliphatic heterocycles. The van der Waals surface area contributed by atoms with Crippen molar-refractivity contribution in [3.05, 3.63) is 0 Å². The van der Waals surface area contributed by atoms with Crippen LogP contribution in [0.15, 0.2) is 0 Å². The van der Waals surface area contributed by atoms with E-state index in [1.54, 1.807) is 7.05 Å². The highest BCUT2D eigenvalue weighted by Gasteiger charge is 2.16. The first kappa shape index (κ1) is 11.1. The predicted molar refractivity (Wildman–Crippen MR) is 45.6 cm³/mol. The highest BCUT2D eigenvalue weighted by molar-refractivity contribution is 7.76. The molecule has 3 nitrogen and oxygen atoms in total. The van der Waals surface area contributed by atoms with Gasteiger partial charge in [0, 0.05) is 17.3 Å². The maximum atomic E-state index is 10.5. The van der Waals surface area contributed by atoms with Crippen LogP contribution in [0.1, 0.15) is 27.2 Å². The molecule has 0 heterocycles. The summed E-state index contributed by atoms with van der Waals surface area (Å²) in [5, 5.41) is 0. The topological polar surface area (TPSA) is 43.4 Å². The zero-order valence-electron chi connectivity index (χ0n) is 7.53. The number of rotatable bonds is 4. The molecule has 0 aliphatic carbocycles. The lowest BCUT2D eigenvalue weighted by Gasteiger charge is -2.31. The first-order chi connectivity index (χ1) is 5.00. The fraction of sp³-hybridized carbons (Fsp3) is 1.00. The first-order valence-electron chi connectivity index (χ1n) is 3.82. The normalized spacial score (nSPS) is 17.4. The van der Waals surface area contributed by atoms with Crippen LogP contribution in [0.2, 0.25) is 0 Å². The fourth-order valence-corrected chi connectivity index (χ4v) is 1.87. The molecule has 0 aromatic carbocycles. The first-order valence-corrected chi connectivity index (χ1v) is 4.86. The Balaban J connectivity index is 4.13. The zero-order valence-corrected chi connectivity index (χ0v) is 8.35. The molecular weight excluding hydrogens is 162 g/mol. The molecular formula is C7H16NO2S-. The van der Waals surface area contributed by atoms with Crippen molar-refractivity contribution in [3.8, 4) is 0 Å². The maximum absolute atomic E-state index is 10.5. The summed E-state index contributed by atoms with van der Waals surface area (Å²) in [7, 11) is 1.61. The summed E-state index contributed by atoms with van der Waals surface area (Å²) in [5.74, 6) is 0.378. The smallest absolute Gasteiger partial charge is 0.0232 e. The molecule has 0 N–H and O–H groups in total. The van der Waals surface area contributed by atoms with Gasteiger partial charge in [-0.2, -0.15) is 0 Å². The van der Waals surface area contributed by atoms with Crippen LogP contribution in [-0.4, -0.2) is 26.2 Å². The van der Waals surface area contributed by atoms with Gasteiger partial charge in [-0.15, -0.1) is 0 Å². The van der Waals surface area contributed by atoms with Crippen molar-refractivity contribution in [3.63, 3.8) is 0 Å². The van der Waals surface area contributed by atoms with Crippen LogP contribution in [0, 0.1) is 5.92 Å². The van der Waals surface area contributed by atoms with Crippen LogP contribution < -0.4 is 0 Å². The van der Waals surface area contributed by atoms with Gasteiger partial charge in [-0.1, -0.05) is 20.8 Å². The van der Waals surface area contributed by atoms with Crippen molar-refractivity contribution < 1.29 is 8.76 Å². The van der Waals surface area contributed by atoms with E-state index in [0.29, 0.717) is 5.92 Å². The summed E-state index contributed by atoms with van der Waals surface area (Å²) in [4.78, 5) is 0. The van der Waals surface area contributed by atoms with Crippen LogP contribution in [-0.2, 0) is 11.3 Å². The largest absolute Gasteiger partial charge is 0.760 e. The second-order valence-corrected chi connectivity index (χ2v) is 3.99. The summed E-state index contributed by atoms with van der Waals surface area (Å²) in [6.45, 7) is 6.04. The van der Waals surface area contributed by atoms with Crippen LogP contribution in [0.5, 0.6) is 0 Å². The molecule has 0 amide bonds. The average molecular weight is 178 g/mol. The van der Waals surface area contributed by atoms with Gasteiger partial charge in [0.15, 0.2) is 0 Å². The van der Waals surface area contributed by atoms with Gasteiger partial charge < -0.3 is 4.55 Å². The number of hydrogen-bond donors (Lipinski definition) is 0. The second kappa shape index (κ2) is 4.85. The van der Waals surface area contributed by atoms with Gasteiger partial charge >= 0.3 is 0 Å². The number of hydrogen-bond acceptors (Lipinski definition) is 2. The molecule has 0 aliphatic rings. The van der Waals surface area contributed by atoms with E-state index >= 15 is 0 Å². The molecule has 68 valence electrons. The lowest BCUT2D eigenvalue weighted by atomic mass is 10.0. The molecule has 0 aromatic heterocycles. The molecule has 0 spiro atoms. The third-order valence-corrected chi connectivity index (χ3v) is 2.63. The fourth-order valence-electron chi connectivity index (χ4n) is 1.26. The van der Waals surface area contributed by atoms with Gasteiger partial charge in [-0.25, -0.2) is 4.31 Å². The molecule has 0 bridgehead atoms. The predicted octanol–water partition coefficient (Wildman–Crippen LogP) is 1.15. The lowest BCUT2D eigenvalue weighted by Crippen LogP contribution is -2.36. The minimum atomic E-state index is -2.08. The molecule has 0 fully saturated rings. The Morgan fingerprint density at radius 2 is 2.00 bits per heavy atom. The summed E-state index contributed by atoms with van der Waals surface area (Å²) in [6.07, 6.45) is 0.863. The van der Waals surface area contributed by atoms with Gasteiger partial charge in [0.25, 0.3) is 0 Å². The van der Waals surface area contributed by atoms with Crippen molar-refractivity contribution in [2.75, 3.05) is 7.05 Å². The van der Waals surface area contributed by atoms with Crippen molar-refractivity contribution >= 4 is 11.3 Å². The van der Waals surface area contributed by atoms with Crippen LogP contribution in [0.4, 0.5) is 0 Å². The van der Waals surface area contributed by atoms with Crippen LogP contribution in [0.3, 0.4) is 0 Å². The Bertz CT molecular complexity index is 138. The van der Waals surface area contributed by atoms with Crippen molar-refractivity contribution in [2.45, 2.75) is 33.2 Å². The van der Waals surface area contributed by atoms with E-state index in [1.165, 1.54) is 4.31 Å². The van der Waals surface area contributed by atoms with Crippen molar-refractivity contribution in [1.82, 2.24) is 4.31 Å². The highest BCUT2D eigenvalue weighted by Crippen LogP contribution is 2.13. The van der Waals surface area contributed by atoms with Gasteiger partial charge in [0.2, 0.25) is 0 Å². The molecule has 0 saturated heterocycles. The molecule has 0 saturated carbocycles. The van der Waals surface area contributed by atoms with E-state index in [0.717, 1.165) is 6.42 Å². The van der Waals surface area contributed by atoms with Gasteiger partial charge in [-0.05, 0) is 19.4 Å². The summed E-state index contributed by atoms with van der Waals surface area (Å²) < 4.78 is 22.4. The highest BCUT2D eigenvalue weighted by atomic mass is 32.2. The van der Waals surface area contributed by atoms with Crippen LogP contribution in [0.25, 0.3) is 0 Å². The van der Waals surface area contributed by atoms with Gasteiger partial charge in [0.1, 0.15) is 0 Å². The third kappa shape index (κ3) is 3.31. The minimum absolute atomic E-state index is 0.133. The second-order valence-electron chi connectivity index (χ2n) is 2.98. The van der Waals surface area contributed by atoms with Crippen molar-refractivity contribution in [2.24, 2.45) is 5.92 Å². The summed E-state index contributed by atoms with van der Waals surface area (Å²) >= 11 is -2.08. The van der Waals surface area contributed by atoms with E-state index in [4.69, 9.17) is 0 Å². The van der Waals surface area contributed by atoms with E-state index in [-0.39, 0.29) is 6.04 Å². The minimum Gasteiger partial charge on any atom is -0.760 e. The van der Waals surface area contributed by atoms with Crippen LogP contribution >= 0.6 is 0 Å². The standard InChI is InChI=1S/C7H17NO2S/c1-5-7(6(2)3)8(4)11(9)10/h6-7H,5H2,1-4H3,(H,9,10)/p-1. The molecule has 0 radical (unpaired) electrons. The summed E-state index contributed by atoms with van der Waals surface area (Å²) in [6, 6.07) is 0.133. The number of nitrogens with zero attached hydrogens (tertiary/aromatic N) is 1. The molecule has 11 heavy (non-hydrogen) atoms. The van der Waals surface area contributed by atoms with E-state index < -0.39 is 11.3 Å². The zero-order chi connectivity index (χ0) is 9.02. The molecule has 2 atom stereocenters. The summed E-state index contributed by atoms with van der Waals surface area (Å²) in [5.41, 5.74) is 0. The average Bonchev–Trinajstić information content (AvgIpc) is 1.88.